The Kier molecular flexibility index (Phi) is 5.64. The third-order valence-electron chi connectivity index (χ3n) is 5.93. The molecule has 3 heterocycles. The second-order valence-corrected chi connectivity index (χ2v) is 9.05. The van der Waals surface area contributed by atoms with E-state index in [0.29, 0.717) is 15.9 Å². The van der Waals surface area contributed by atoms with Gasteiger partial charge in [0.15, 0.2) is 0 Å². The lowest BCUT2D eigenvalue weighted by atomic mass is 10.00. The molecule has 1 aromatic carbocycles. The normalized spacial score (nSPS) is 16.9. The standard InChI is InChI=1S/C23H27N3O3S/c1-4-17-7-5-6-9-24(17)20(27)14-25-19-8-10-30-21(19)22(28)26(23(25)29)18-12-15(2)11-16(3)13-18/h8,10-13,17H,4-7,9,14H2,1-3H3/t17-/m1/s1. The summed E-state index contributed by atoms with van der Waals surface area (Å²) in [5.74, 6) is -0.0539. The number of aryl methyl sites for hydroxylation is 2. The average molecular weight is 426 g/mol. The highest BCUT2D eigenvalue weighted by molar-refractivity contribution is 7.17. The number of rotatable bonds is 4. The molecule has 0 spiro atoms. The molecule has 0 bridgehead atoms. The smallest absolute Gasteiger partial charge is 0.336 e. The van der Waals surface area contributed by atoms with Crippen LogP contribution >= 0.6 is 11.3 Å². The Morgan fingerprint density at radius 1 is 1.13 bits per heavy atom. The number of hydrogen-bond acceptors (Lipinski definition) is 4. The summed E-state index contributed by atoms with van der Waals surface area (Å²) in [5, 5.41) is 1.80. The van der Waals surface area contributed by atoms with Gasteiger partial charge < -0.3 is 4.90 Å². The minimum absolute atomic E-state index is 0.0480. The molecular weight excluding hydrogens is 398 g/mol. The van der Waals surface area contributed by atoms with Crippen LogP contribution in [0.4, 0.5) is 0 Å². The lowest BCUT2D eigenvalue weighted by Gasteiger charge is -2.35. The molecule has 0 saturated carbocycles. The molecule has 1 saturated heterocycles. The third kappa shape index (κ3) is 3.62. The van der Waals surface area contributed by atoms with Crippen molar-refractivity contribution in [3.63, 3.8) is 0 Å². The Morgan fingerprint density at radius 2 is 1.87 bits per heavy atom. The minimum atomic E-state index is -0.464. The first-order valence-electron chi connectivity index (χ1n) is 10.5. The molecule has 0 unspecified atom stereocenters. The lowest BCUT2D eigenvalue weighted by molar-refractivity contribution is -0.135. The topological polar surface area (TPSA) is 64.3 Å². The largest absolute Gasteiger partial charge is 0.338 e. The third-order valence-corrected chi connectivity index (χ3v) is 6.82. The zero-order chi connectivity index (χ0) is 21.4. The van der Waals surface area contributed by atoms with Gasteiger partial charge in [0.1, 0.15) is 11.2 Å². The van der Waals surface area contributed by atoms with Crippen LogP contribution in [0.25, 0.3) is 15.9 Å². The SMILES string of the molecule is CC[C@@H]1CCCCN1C(=O)Cn1c(=O)n(-c2cc(C)cc(C)c2)c(=O)c2sccc21. The van der Waals surface area contributed by atoms with Crippen LogP contribution in [0.15, 0.2) is 39.2 Å². The maximum Gasteiger partial charge on any atom is 0.336 e. The van der Waals surface area contributed by atoms with Gasteiger partial charge in [-0.05, 0) is 74.2 Å². The highest BCUT2D eigenvalue weighted by Gasteiger charge is 2.27. The number of fused-ring (bicyclic) bond motifs is 1. The lowest BCUT2D eigenvalue weighted by Crippen LogP contribution is -2.47. The van der Waals surface area contributed by atoms with Crippen LogP contribution in [0, 0.1) is 13.8 Å². The number of thiophene rings is 1. The zero-order valence-electron chi connectivity index (χ0n) is 17.7. The van der Waals surface area contributed by atoms with Crippen LogP contribution in [0.3, 0.4) is 0 Å². The quantitative estimate of drug-likeness (QED) is 0.641. The molecule has 4 rings (SSSR count). The molecule has 30 heavy (non-hydrogen) atoms. The molecule has 1 aliphatic rings. The Morgan fingerprint density at radius 3 is 2.57 bits per heavy atom. The van der Waals surface area contributed by atoms with Crippen molar-refractivity contribution >= 4 is 27.5 Å². The van der Waals surface area contributed by atoms with Gasteiger partial charge in [-0.15, -0.1) is 11.3 Å². The van der Waals surface area contributed by atoms with Crippen molar-refractivity contribution in [1.82, 2.24) is 14.0 Å². The number of nitrogens with zero attached hydrogens (tertiary/aromatic N) is 3. The fraction of sp³-hybridized carbons (Fsp3) is 0.435. The van der Waals surface area contributed by atoms with E-state index in [2.05, 4.69) is 6.92 Å². The summed E-state index contributed by atoms with van der Waals surface area (Å²) in [4.78, 5) is 41.7. The summed E-state index contributed by atoms with van der Waals surface area (Å²) in [6, 6.07) is 7.65. The van der Waals surface area contributed by atoms with Crippen molar-refractivity contribution in [2.45, 2.75) is 59.0 Å². The van der Waals surface area contributed by atoms with E-state index in [-0.39, 0.29) is 24.1 Å². The molecule has 1 fully saturated rings. The van der Waals surface area contributed by atoms with Crippen LogP contribution in [0.1, 0.15) is 43.7 Å². The van der Waals surface area contributed by atoms with E-state index >= 15 is 0 Å². The van der Waals surface area contributed by atoms with Crippen molar-refractivity contribution in [3.05, 3.63) is 61.6 Å². The molecule has 0 N–H and O–H groups in total. The maximum absolute atomic E-state index is 13.5. The molecule has 1 atom stereocenters. The summed E-state index contributed by atoms with van der Waals surface area (Å²) in [6.07, 6.45) is 4.05. The van der Waals surface area contributed by atoms with Crippen molar-refractivity contribution in [3.8, 4) is 5.69 Å². The molecule has 2 aromatic heterocycles. The van der Waals surface area contributed by atoms with Crippen LogP contribution in [0.5, 0.6) is 0 Å². The fourth-order valence-electron chi connectivity index (χ4n) is 4.53. The van der Waals surface area contributed by atoms with Gasteiger partial charge in [-0.2, -0.15) is 0 Å². The van der Waals surface area contributed by atoms with Crippen LogP contribution in [-0.2, 0) is 11.3 Å². The molecule has 6 nitrogen and oxygen atoms in total. The second kappa shape index (κ2) is 8.22. The molecule has 3 aromatic rings. The van der Waals surface area contributed by atoms with Crippen LogP contribution in [0.2, 0.25) is 0 Å². The number of carbonyl (C=O) groups is 1. The number of hydrogen-bond donors (Lipinski definition) is 0. The molecule has 7 heteroatoms. The van der Waals surface area contributed by atoms with E-state index in [4.69, 9.17) is 0 Å². The van der Waals surface area contributed by atoms with Gasteiger partial charge >= 0.3 is 5.69 Å². The minimum Gasteiger partial charge on any atom is -0.338 e. The predicted octanol–water partition coefficient (Wildman–Crippen LogP) is 3.62. The van der Waals surface area contributed by atoms with E-state index < -0.39 is 5.69 Å². The summed E-state index contributed by atoms with van der Waals surface area (Å²) in [6.45, 7) is 6.66. The van der Waals surface area contributed by atoms with Crippen molar-refractivity contribution < 1.29 is 4.79 Å². The first-order chi connectivity index (χ1) is 14.4. The molecular formula is C23H27N3O3S. The molecule has 158 valence electrons. The molecule has 1 amide bonds. The second-order valence-electron chi connectivity index (χ2n) is 8.14. The molecule has 0 radical (unpaired) electrons. The van der Waals surface area contributed by atoms with Gasteiger partial charge in [-0.25, -0.2) is 9.36 Å². The number of carbonyl (C=O) groups excluding carboxylic acids is 1. The van der Waals surface area contributed by atoms with E-state index in [1.165, 1.54) is 20.5 Å². The van der Waals surface area contributed by atoms with Gasteiger partial charge in [0, 0.05) is 12.6 Å². The Balaban J connectivity index is 1.84. The Labute approximate surface area is 179 Å². The monoisotopic (exact) mass is 425 g/mol. The van der Waals surface area contributed by atoms with Crippen LogP contribution in [-0.4, -0.2) is 32.5 Å². The fourth-order valence-corrected chi connectivity index (χ4v) is 5.35. The van der Waals surface area contributed by atoms with Gasteiger partial charge in [-0.1, -0.05) is 13.0 Å². The van der Waals surface area contributed by atoms with E-state index in [0.717, 1.165) is 43.4 Å². The van der Waals surface area contributed by atoms with Crippen molar-refractivity contribution in [2.75, 3.05) is 6.54 Å². The van der Waals surface area contributed by atoms with Gasteiger partial charge in [0.2, 0.25) is 5.91 Å². The van der Waals surface area contributed by atoms with E-state index in [9.17, 15) is 14.4 Å². The van der Waals surface area contributed by atoms with Gasteiger partial charge in [-0.3, -0.25) is 14.2 Å². The maximum atomic E-state index is 13.5. The Hall–Kier alpha value is -2.67. The zero-order valence-corrected chi connectivity index (χ0v) is 18.5. The predicted molar refractivity (Wildman–Crippen MR) is 121 cm³/mol. The summed E-state index contributed by atoms with van der Waals surface area (Å²) < 4.78 is 3.17. The number of aromatic nitrogens is 2. The summed E-state index contributed by atoms with van der Waals surface area (Å²) >= 11 is 1.30. The Bertz CT molecular complexity index is 1200. The first kappa shape index (κ1) is 20.6. The number of benzene rings is 1. The summed E-state index contributed by atoms with van der Waals surface area (Å²) in [7, 11) is 0. The van der Waals surface area contributed by atoms with Crippen molar-refractivity contribution in [2.24, 2.45) is 0 Å². The molecule has 0 aliphatic carbocycles. The average Bonchev–Trinajstić information content (AvgIpc) is 3.20. The highest BCUT2D eigenvalue weighted by Crippen LogP contribution is 2.21. The van der Waals surface area contributed by atoms with E-state index in [1.807, 2.05) is 36.9 Å². The first-order valence-corrected chi connectivity index (χ1v) is 11.4. The van der Waals surface area contributed by atoms with Crippen molar-refractivity contribution in [1.29, 1.82) is 0 Å². The van der Waals surface area contributed by atoms with E-state index in [1.54, 1.807) is 11.4 Å². The highest BCUT2D eigenvalue weighted by atomic mass is 32.1. The molecule has 1 aliphatic heterocycles. The summed E-state index contributed by atoms with van der Waals surface area (Å²) in [5.41, 5.74) is 2.24. The number of amides is 1. The number of likely N-dealkylation sites (tertiary alicyclic amines) is 1. The van der Waals surface area contributed by atoms with Gasteiger partial charge in [0.05, 0.1) is 11.2 Å². The van der Waals surface area contributed by atoms with Crippen LogP contribution < -0.4 is 11.2 Å². The number of piperidine rings is 1. The van der Waals surface area contributed by atoms with Gasteiger partial charge in [0.25, 0.3) is 5.56 Å².